The van der Waals surface area contributed by atoms with Gasteiger partial charge < -0.3 is 5.32 Å². The van der Waals surface area contributed by atoms with Crippen molar-refractivity contribution in [1.82, 2.24) is 5.32 Å². The van der Waals surface area contributed by atoms with Crippen molar-refractivity contribution in [2.75, 3.05) is 0 Å². The molecule has 23 heavy (non-hydrogen) atoms. The van der Waals surface area contributed by atoms with Gasteiger partial charge in [0.25, 0.3) is 0 Å². The molecule has 0 atom stereocenters. The highest BCUT2D eigenvalue weighted by Crippen LogP contribution is 2.27. The second kappa shape index (κ2) is 7.45. The second-order valence-electron chi connectivity index (χ2n) is 6.72. The van der Waals surface area contributed by atoms with E-state index in [0.29, 0.717) is 6.04 Å². The van der Waals surface area contributed by atoms with Crippen LogP contribution >= 0.6 is 0 Å². The van der Waals surface area contributed by atoms with Gasteiger partial charge in [0.15, 0.2) is 0 Å². The minimum absolute atomic E-state index is 0.127. The lowest BCUT2D eigenvalue weighted by Crippen LogP contribution is -2.40. The molecule has 1 aliphatic rings. The van der Waals surface area contributed by atoms with Crippen LogP contribution in [0.15, 0.2) is 60.7 Å². The Bertz CT molecular complexity index is 575. The van der Waals surface area contributed by atoms with E-state index in [1.807, 2.05) is 60.7 Å². The van der Waals surface area contributed by atoms with E-state index in [4.69, 9.17) is 0 Å². The summed E-state index contributed by atoms with van der Waals surface area (Å²) in [4.78, 5) is 13.0. The Morgan fingerprint density at radius 3 is 1.83 bits per heavy atom. The van der Waals surface area contributed by atoms with Gasteiger partial charge in [0, 0.05) is 6.04 Å². The summed E-state index contributed by atoms with van der Waals surface area (Å²) in [5, 5.41) is 3.30. The summed E-state index contributed by atoms with van der Waals surface area (Å²) in [6.45, 7) is 2.30. The quantitative estimate of drug-likeness (QED) is 0.884. The maximum atomic E-state index is 13.0. The highest BCUT2D eigenvalue weighted by molar-refractivity contribution is 5.87. The SMILES string of the molecule is CC1CCC(NC(=O)C(c2ccccc2)c2ccccc2)CC1. The van der Waals surface area contributed by atoms with Crippen LogP contribution in [0, 0.1) is 5.92 Å². The molecule has 0 spiro atoms. The highest BCUT2D eigenvalue weighted by Gasteiger charge is 2.26. The lowest BCUT2D eigenvalue weighted by Gasteiger charge is -2.29. The molecule has 0 aromatic heterocycles. The van der Waals surface area contributed by atoms with Crippen LogP contribution in [0.2, 0.25) is 0 Å². The predicted molar refractivity (Wildman–Crippen MR) is 94.3 cm³/mol. The summed E-state index contributed by atoms with van der Waals surface area (Å²) >= 11 is 0. The van der Waals surface area contributed by atoms with Crippen LogP contribution in [-0.2, 0) is 4.79 Å². The molecule has 1 saturated carbocycles. The average Bonchev–Trinajstić information content (AvgIpc) is 2.59. The van der Waals surface area contributed by atoms with Gasteiger partial charge in [-0.1, -0.05) is 67.6 Å². The van der Waals surface area contributed by atoms with Crippen LogP contribution < -0.4 is 5.32 Å². The Morgan fingerprint density at radius 1 is 0.870 bits per heavy atom. The number of rotatable bonds is 4. The second-order valence-corrected chi connectivity index (χ2v) is 6.72. The molecule has 1 N–H and O–H groups in total. The average molecular weight is 307 g/mol. The Labute approximate surface area is 138 Å². The first-order valence-electron chi connectivity index (χ1n) is 8.64. The van der Waals surface area contributed by atoms with E-state index in [1.165, 1.54) is 12.8 Å². The summed E-state index contributed by atoms with van der Waals surface area (Å²) in [5.74, 6) is 0.695. The van der Waals surface area contributed by atoms with Crippen molar-refractivity contribution in [3.63, 3.8) is 0 Å². The Balaban J connectivity index is 1.79. The van der Waals surface area contributed by atoms with Crippen LogP contribution in [0.4, 0.5) is 0 Å². The third-order valence-corrected chi connectivity index (χ3v) is 4.89. The minimum atomic E-state index is -0.225. The van der Waals surface area contributed by atoms with Gasteiger partial charge in [0.1, 0.15) is 0 Å². The number of benzene rings is 2. The Kier molecular flexibility index (Phi) is 5.12. The molecule has 2 heteroatoms. The third-order valence-electron chi connectivity index (χ3n) is 4.89. The molecule has 0 saturated heterocycles. The van der Waals surface area contributed by atoms with Gasteiger partial charge in [-0.25, -0.2) is 0 Å². The fraction of sp³-hybridized carbons (Fsp3) is 0.381. The zero-order valence-corrected chi connectivity index (χ0v) is 13.7. The zero-order chi connectivity index (χ0) is 16.1. The van der Waals surface area contributed by atoms with Gasteiger partial charge in [0.05, 0.1) is 5.92 Å². The van der Waals surface area contributed by atoms with Crippen molar-refractivity contribution in [2.45, 2.75) is 44.6 Å². The first kappa shape index (κ1) is 15.8. The summed E-state index contributed by atoms with van der Waals surface area (Å²) in [7, 11) is 0. The molecule has 2 nitrogen and oxygen atoms in total. The fourth-order valence-electron chi connectivity index (χ4n) is 3.48. The number of carbonyl (C=O) groups is 1. The van der Waals surface area contributed by atoms with E-state index in [-0.39, 0.29) is 11.8 Å². The first-order valence-corrected chi connectivity index (χ1v) is 8.64. The molecule has 1 fully saturated rings. The fourth-order valence-corrected chi connectivity index (χ4v) is 3.48. The largest absolute Gasteiger partial charge is 0.353 e. The van der Waals surface area contributed by atoms with Gasteiger partial charge in [-0.2, -0.15) is 0 Å². The molecule has 0 heterocycles. The van der Waals surface area contributed by atoms with Crippen LogP contribution in [0.3, 0.4) is 0 Å². The highest BCUT2D eigenvalue weighted by atomic mass is 16.1. The van der Waals surface area contributed by atoms with Crippen molar-refractivity contribution >= 4 is 5.91 Å². The van der Waals surface area contributed by atoms with Gasteiger partial charge in [-0.05, 0) is 42.7 Å². The summed E-state index contributed by atoms with van der Waals surface area (Å²) < 4.78 is 0. The normalized spacial score (nSPS) is 21.1. The molecular formula is C21H25NO. The van der Waals surface area contributed by atoms with Crippen LogP contribution in [-0.4, -0.2) is 11.9 Å². The van der Waals surface area contributed by atoms with Crippen molar-refractivity contribution in [3.05, 3.63) is 71.8 Å². The number of carbonyl (C=O) groups excluding carboxylic acids is 1. The van der Waals surface area contributed by atoms with Gasteiger partial charge >= 0.3 is 0 Å². The minimum Gasteiger partial charge on any atom is -0.353 e. The van der Waals surface area contributed by atoms with E-state index < -0.39 is 0 Å². The topological polar surface area (TPSA) is 29.1 Å². The molecule has 120 valence electrons. The van der Waals surface area contributed by atoms with Gasteiger partial charge in [-0.15, -0.1) is 0 Å². The van der Waals surface area contributed by atoms with E-state index >= 15 is 0 Å². The summed E-state index contributed by atoms with van der Waals surface area (Å²) in [5.41, 5.74) is 2.11. The molecule has 0 radical (unpaired) electrons. The van der Waals surface area contributed by atoms with Crippen molar-refractivity contribution < 1.29 is 4.79 Å². The molecule has 0 aliphatic heterocycles. The van der Waals surface area contributed by atoms with Gasteiger partial charge in [0.2, 0.25) is 5.91 Å². The number of amides is 1. The number of hydrogen-bond acceptors (Lipinski definition) is 1. The summed E-state index contributed by atoms with van der Waals surface area (Å²) in [6.07, 6.45) is 4.63. The molecule has 1 aliphatic carbocycles. The third kappa shape index (κ3) is 4.01. The monoisotopic (exact) mass is 307 g/mol. The van der Waals surface area contributed by atoms with Crippen LogP contribution in [0.25, 0.3) is 0 Å². The standard InChI is InChI=1S/C21H25NO/c1-16-12-14-19(15-13-16)22-21(23)20(17-8-4-2-5-9-17)18-10-6-3-7-11-18/h2-11,16,19-20H,12-15H2,1H3,(H,22,23). The van der Waals surface area contributed by atoms with Crippen molar-refractivity contribution in [1.29, 1.82) is 0 Å². The first-order chi connectivity index (χ1) is 11.2. The van der Waals surface area contributed by atoms with Crippen molar-refractivity contribution in [2.24, 2.45) is 5.92 Å². The number of hydrogen-bond donors (Lipinski definition) is 1. The Hall–Kier alpha value is -2.09. The molecule has 3 rings (SSSR count). The molecule has 2 aromatic rings. The van der Waals surface area contributed by atoms with E-state index in [9.17, 15) is 4.79 Å². The zero-order valence-electron chi connectivity index (χ0n) is 13.7. The van der Waals surface area contributed by atoms with Crippen molar-refractivity contribution in [3.8, 4) is 0 Å². The maximum absolute atomic E-state index is 13.0. The molecular weight excluding hydrogens is 282 g/mol. The summed E-state index contributed by atoms with van der Waals surface area (Å²) in [6, 6.07) is 20.5. The van der Waals surface area contributed by atoms with E-state index in [2.05, 4.69) is 12.2 Å². The Morgan fingerprint density at radius 2 is 1.35 bits per heavy atom. The predicted octanol–water partition coefficient (Wildman–Crippen LogP) is 4.51. The number of nitrogens with one attached hydrogen (secondary N) is 1. The van der Waals surface area contributed by atoms with E-state index in [0.717, 1.165) is 29.9 Å². The smallest absolute Gasteiger partial charge is 0.232 e. The maximum Gasteiger partial charge on any atom is 0.232 e. The lowest BCUT2D eigenvalue weighted by atomic mass is 9.86. The molecule has 0 bridgehead atoms. The molecule has 2 aromatic carbocycles. The molecule has 0 unspecified atom stereocenters. The molecule has 1 amide bonds. The van der Waals surface area contributed by atoms with Crippen LogP contribution in [0.5, 0.6) is 0 Å². The van der Waals surface area contributed by atoms with E-state index in [1.54, 1.807) is 0 Å². The van der Waals surface area contributed by atoms with Gasteiger partial charge in [-0.3, -0.25) is 4.79 Å². The van der Waals surface area contributed by atoms with Crippen LogP contribution in [0.1, 0.15) is 49.7 Å². The lowest BCUT2D eigenvalue weighted by molar-refractivity contribution is -0.122.